The Kier molecular flexibility index (Phi) is 3.92. The van der Waals surface area contributed by atoms with E-state index in [2.05, 4.69) is 4.98 Å². The third kappa shape index (κ3) is 2.86. The highest BCUT2D eigenvalue weighted by molar-refractivity contribution is 5.98. The van der Waals surface area contributed by atoms with E-state index in [4.69, 9.17) is 4.74 Å². The maximum atomic E-state index is 12.2. The van der Waals surface area contributed by atoms with Gasteiger partial charge in [-0.3, -0.25) is 4.79 Å². The zero-order valence-electron chi connectivity index (χ0n) is 14.5. The Hall–Kier alpha value is -2.82. The van der Waals surface area contributed by atoms with Crippen molar-refractivity contribution in [3.8, 4) is 5.75 Å². The molecule has 0 radical (unpaired) electrons. The number of carbonyl (C=O) groups excluding carboxylic acids is 1. The smallest absolute Gasteiger partial charge is 0.227 e. The first-order valence-electron chi connectivity index (χ1n) is 8.57. The van der Waals surface area contributed by atoms with E-state index in [9.17, 15) is 4.79 Å². The van der Waals surface area contributed by atoms with Crippen LogP contribution in [0.25, 0.3) is 11.0 Å². The number of benzene rings is 2. The summed E-state index contributed by atoms with van der Waals surface area (Å²) >= 11 is 0. The lowest BCUT2D eigenvalue weighted by Gasteiger charge is -2.18. The Balaban J connectivity index is 1.75. The lowest BCUT2D eigenvalue weighted by atomic mass is 10.2. The van der Waals surface area contributed by atoms with E-state index in [-0.39, 0.29) is 5.91 Å². The molecule has 5 nitrogen and oxygen atoms in total. The Morgan fingerprint density at radius 2 is 2.00 bits per heavy atom. The maximum Gasteiger partial charge on any atom is 0.227 e. The molecule has 0 aliphatic carbocycles. The SMILES string of the molecule is Cc1nc2c(OCc3ccccc3)cc(N3CCCC3=O)cc2n1C. The average molecular weight is 335 g/mol. The maximum absolute atomic E-state index is 12.2. The molecular weight excluding hydrogens is 314 g/mol. The van der Waals surface area contributed by atoms with Crippen LogP contribution in [-0.2, 0) is 18.4 Å². The van der Waals surface area contributed by atoms with Gasteiger partial charge in [-0.05, 0) is 25.0 Å². The van der Waals surface area contributed by atoms with E-state index in [0.29, 0.717) is 13.0 Å². The first kappa shape index (κ1) is 15.7. The predicted octanol–water partition coefficient (Wildman–Crippen LogP) is 3.59. The first-order chi connectivity index (χ1) is 12.1. The number of ether oxygens (including phenoxy) is 1. The van der Waals surface area contributed by atoms with Gasteiger partial charge in [-0.25, -0.2) is 4.98 Å². The number of nitrogens with zero attached hydrogens (tertiary/aromatic N) is 3. The topological polar surface area (TPSA) is 47.4 Å². The van der Waals surface area contributed by atoms with Gasteiger partial charge in [-0.2, -0.15) is 0 Å². The van der Waals surface area contributed by atoms with Gasteiger partial charge < -0.3 is 14.2 Å². The second-order valence-corrected chi connectivity index (χ2v) is 6.45. The molecule has 3 aromatic rings. The van der Waals surface area contributed by atoms with Gasteiger partial charge >= 0.3 is 0 Å². The second-order valence-electron chi connectivity index (χ2n) is 6.45. The molecule has 1 aromatic heterocycles. The quantitative estimate of drug-likeness (QED) is 0.732. The highest BCUT2D eigenvalue weighted by Crippen LogP contribution is 2.34. The molecule has 1 saturated heterocycles. The van der Waals surface area contributed by atoms with Crippen molar-refractivity contribution >= 4 is 22.6 Å². The highest BCUT2D eigenvalue weighted by atomic mass is 16.5. The average Bonchev–Trinajstić information content (AvgIpc) is 3.18. The van der Waals surface area contributed by atoms with Crippen molar-refractivity contribution in [1.82, 2.24) is 9.55 Å². The van der Waals surface area contributed by atoms with Gasteiger partial charge in [0.2, 0.25) is 5.91 Å². The summed E-state index contributed by atoms with van der Waals surface area (Å²) in [5, 5.41) is 0. The van der Waals surface area contributed by atoms with Crippen LogP contribution >= 0.6 is 0 Å². The van der Waals surface area contributed by atoms with Crippen molar-refractivity contribution in [3.63, 3.8) is 0 Å². The van der Waals surface area contributed by atoms with E-state index in [1.165, 1.54) is 0 Å². The molecule has 0 saturated carbocycles. The molecule has 0 atom stereocenters. The largest absolute Gasteiger partial charge is 0.486 e. The summed E-state index contributed by atoms with van der Waals surface area (Å²) in [5.41, 5.74) is 3.82. The zero-order valence-corrected chi connectivity index (χ0v) is 14.5. The molecule has 1 fully saturated rings. The standard InChI is InChI=1S/C20H21N3O2/c1-14-21-20-17(22(14)2)11-16(23-10-6-9-19(23)24)12-18(20)25-13-15-7-4-3-5-8-15/h3-5,7-8,11-12H,6,9-10,13H2,1-2H3. The summed E-state index contributed by atoms with van der Waals surface area (Å²) in [4.78, 5) is 18.6. The number of aromatic nitrogens is 2. The molecule has 5 heteroatoms. The second kappa shape index (κ2) is 6.24. The molecule has 2 aromatic carbocycles. The van der Waals surface area contributed by atoms with Gasteiger partial charge in [-0.15, -0.1) is 0 Å². The van der Waals surface area contributed by atoms with E-state index in [1.54, 1.807) is 0 Å². The van der Waals surface area contributed by atoms with Crippen LogP contribution in [-0.4, -0.2) is 22.0 Å². The zero-order chi connectivity index (χ0) is 17.4. The number of amides is 1. The van der Waals surface area contributed by atoms with Crippen molar-refractivity contribution in [2.45, 2.75) is 26.4 Å². The number of hydrogen-bond donors (Lipinski definition) is 0. The minimum atomic E-state index is 0.173. The molecular formula is C20H21N3O2. The molecule has 0 unspecified atom stereocenters. The molecule has 1 aliphatic rings. The van der Waals surface area contributed by atoms with Crippen molar-refractivity contribution < 1.29 is 9.53 Å². The Morgan fingerprint density at radius 1 is 1.20 bits per heavy atom. The van der Waals surface area contributed by atoms with Crippen LogP contribution in [0.2, 0.25) is 0 Å². The van der Waals surface area contributed by atoms with Crippen LogP contribution in [0.15, 0.2) is 42.5 Å². The van der Waals surface area contributed by atoms with Crippen molar-refractivity contribution in [1.29, 1.82) is 0 Å². The fraction of sp³-hybridized carbons (Fsp3) is 0.300. The molecule has 0 spiro atoms. The van der Waals surface area contributed by atoms with E-state index >= 15 is 0 Å². The lowest BCUT2D eigenvalue weighted by Crippen LogP contribution is -2.23. The molecule has 128 valence electrons. The van der Waals surface area contributed by atoms with Crippen LogP contribution in [0, 0.1) is 6.92 Å². The fourth-order valence-corrected chi connectivity index (χ4v) is 3.28. The number of aryl methyl sites for hydroxylation is 2. The summed E-state index contributed by atoms with van der Waals surface area (Å²) in [7, 11) is 1.99. The van der Waals surface area contributed by atoms with Crippen molar-refractivity contribution in [2.75, 3.05) is 11.4 Å². The Bertz CT molecular complexity index is 931. The van der Waals surface area contributed by atoms with Crippen LogP contribution in [0.1, 0.15) is 24.2 Å². The third-order valence-electron chi connectivity index (χ3n) is 4.78. The van der Waals surface area contributed by atoms with Gasteiger partial charge in [0, 0.05) is 31.8 Å². The minimum Gasteiger partial charge on any atom is -0.486 e. The monoisotopic (exact) mass is 335 g/mol. The van der Waals surface area contributed by atoms with Crippen molar-refractivity contribution in [2.24, 2.45) is 7.05 Å². The Labute approximate surface area is 146 Å². The number of anilines is 1. The third-order valence-corrected chi connectivity index (χ3v) is 4.78. The van der Waals surface area contributed by atoms with E-state index in [1.807, 2.05) is 65.9 Å². The number of hydrogen-bond acceptors (Lipinski definition) is 3. The summed E-state index contributed by atoms with van der Waals surface area (Å²) in [5.74, 6) is 1.82. The summed E-state index contributed by atoms with van der Waals surface area (Å²) in [6, 6.07) is 14.0. The van der Waals surface area contributed by atoms with Crippen LogP contribution in [0.4, 0.5) is 5.69 Å². The summed E-state index contributed by atoms with van der Waals surface area (Å²) in [6.45, 7) is 3.21. The lowest BCUT2D eigenvalue weighted by molar-refractivity contribution is -0.117. The highest BCUT2D eigenvalue weighted by Gasteiger charge is 2.24. The van der Waals surface area contributed by atoms with Gasteiger partial charge in [-0.1, -0.05) is 30.3 Å². The predicted molar refractivity (Wildman–Crippen MR) is 97.8 cm³/mol. The molecule has 25 heavy (non-hydrogen) atoms. The number of fused-ring (bicyclic) bond motifs is 1. The van der Waals surface area contributed by atoms with Crippen LogP contribution < -0.4 is 9.64 Å². The molecule has 0 N–H and O–H groups in total. The van der Waals surface area contributed by atoms with Gasteiger partial charge in [0.25, 0.3) is 0 Å². The molecule has 0 bridgehead atoms. The Morgan fingerprint density at radius 3 is 2.72 bits per heavy atom. The minimum absolute atomic E-state index is 0.173. The fourth-order valence-electron chi connectivity index (χ4n) is 3.28. The summed E-state index contributed by atoms with van der Waals surface area (Å²) < 4.78 is 8.13. The van der Waals surface area contributed by atoms with Gasteiger partial charge in [0.1, 0.15) is 23.7 Å². The van der Waals surface area contributed by atoms with E-state index < -0.39 is 0 Å². The number of rotatable bonds is 4. The first-order valence-corrected chi connectivity index (χ1v) is 8.57. The number of imidazole rings is 1. The molecule has 1 amide bonds. The normalized spacial score (nSPS) is 14.5. The summed E-state index contributed by atoms with van der Waals surface area (Å²) in [6.07, 6.45) is 1.52. The van der Waals surface area contributed by atoms with E-state index in [0.717, 1.165) is 46.8 Å². The molecule has 2 heterocycles. The van der Waals surface area contributed by atoms with Gasteiger partial charge in [0.05, 0.1) is 5.52 Å². The van der Waals surface area contributed by atoms with Crippen LogP contribution in [0.3, 0.4) is 0 Å². The molecule has 1 aliphatic heterocycles. The van der Waals surface area contributed by atoms with Crippen LogP contribution in [0.5, 0.6) is 5.75 Å². The number of carbonyl (C=O) groups is 1. The van der Waals surface area contributed by atoms with Gasteiger partial charge in [0.15, 0.2) is 0 Å². The molecule has 4 rings (SSSR count). The van der Waals surface area contributed by atoms with Crippen molar-refractivity contribution in [3.05, 3.63) is 53.9 Å².